The van der Waals surface area contributed by atoms with Crippen molar-refractivity contribution >= 4 is 11.8 Å². The van der Waals surface area contributed by atoms with Gasteiger partial charge in [0.15, 0.2) is 0 Å². The molecule has 0 aliphatic heterocycles. The Hall–Kier alpha value is -3.13. The van der Waals surface area contributed by atoms with Gasteiger partial charge >= 0.3 is 0 Å². The van der Waals surface area contributed by atoms with Crippen LogP contribution in [0.1, 0.15) is 12.8 Å². The average Bonchev–Trinajstić information content (AvgIpc) is 3.06. The average molecular weight is 367 g/mol. The number of thioether (sulfide) groups is 1. The van der Waals surface area contributed by atoms with E-state index in [1.807, 2.05) is 71.6 Å². The Bertz CT molecular complexity index is 828. The molecule has 132 valence electrons. The first-order valence-electron chi connectivity index (χ1n) is 8.70. The molecule has 0 spiro atoms. The molecule has 0 saturated heterocycles. The predicted molar refractivity (Wildman–Crippen MR) is 122 cm³/mol. The molecule has 1 heteroatoms. The van der Waals surface area contributed by atoms with E-state index in [0.29, 0.717) is 0 Å². The molecular weight excluding hydrogens is 344 g/mol. The van der Waals surface area contributed by atoms with Crippen LogP contribution in [0.3, 0.4) is 0 Å². The van der Waals surface area contributed by atoms with Gasteiger partial charge in [-0.15, -0.1) is 24.6 Å². The molecule has 0 atom stereocenters. The summed E-state index contributed by atoms with van der Waals surface area (Å²) in [5.41, 5.74) is 4.40. The fraction of sp³-hybridized carbons (Fsp3) is 0.0769. The summed E-state index contributed by atoms with van der Waals surface area (Å²) in [5.74, 6) is 5.43. The van der Waals surface area contributed by atoms with E-state index in [1.54, 1.807) is 11.8 Å². The quantitative estimate of drug-likeness (QED) is 0.370. The van der Waals surface area contributed by atoms with Crippen LogP contribution < -0.4 is 0 Å². The Morgan fingerprint density at radius 1 is 0.667 bits per heavy atom. The summed E-state index contributed by atoms with van der Waals surface area (Å²) in [6.45, 7) is 0. The molecule has 0 amide bonds. The Balaban J connectivity index is 1.75. The second kappa shape index (κ2) is 12.3. The van der Waals surface area contributed by atoms with E-state index < -0.39 is 0 Å². The molecule has 0 unspecified atom stereocenters. The molecule has 0 N–H and O–H groups in total. The Morgan fingerprint density at radius 2 is 1.11 bits per heavy atom. The molecule has 2 aliphatic carbocycles. The highest BCUT2D eigenvalue weighted by molar-refractivity contribution is 8.04. The third-order valence-corrected chi connectivity index (χ3v) is 4.38. The zero-order chi connectivity index (χ0) is 19.2. The van der Waals surface area contributed by atoms with Crippen LogP contribution in [0.2, 0.25) is 0 Å². The molecule has 0 heterocycles. The Kier molecular flexibility index (Phi) is 9.17. The lowest BCUT2D eigenvalue weighted by atomic mass is 10.1. The van der Waals surface area contributed by atoms with Gasteiger partial charge in [0.05, 0.1) is 0 Å². The fourth-order valence-corrected chi connectivity index (χ4v) is 2.84. The van der Waals surface area contributed by atoms with Crippen molar-refractivity contribution in [3.05, 3.63) is 118 Å². The maximum atomic E-state index is 5.49. The van der Waals surface area contributed by atoms with Crippen LogP contribution in [-0.2, 0) is 0 Å². The van der Waals surface area contributed by atoms with E-state index in [9.17, 15) is 0 Å². The fourth-order valence-electron chi connectivity index (χ4n) is 2.39. The standard InChI is InChI=1S/C26H22S/c1-3-23-13-5-7-15-25(21-23)17-9-11-19-27-20-12-10-18-26-16-8-6-14-24(4-2)22-26/h1-2,5-20H,21-22H2/b17-9+,18-10+,19-11-,20-12-. The molecule has 0 aromatic carbocycles. The first-order valence-corrected chi connectivity index (χ1v) is 9.64. The highest BCUT2D eigenvalue weighted by Crippen LogP contribution is 2.16. The SMILES string of the molecule is C#CC1=CC=CC=C(/C=C/C=C\S/C=C\C=C\C2=CC=CC=C(C#C)C2)C1. The van der Waals surface area contributed by atoms with Crippen molar-refractivity contribution in [2.24, 2.45) is 0 Å². The van der Waals surface area contributed by atoms with Gasteiger partial charge in [-0.25, -0.2) is 0 Å². The number of terminal acetylenes is 2. The maximum Gasteiger partial charge on any atom is 0.00614 e. The summed E-state index contributed by atoms with van der Waals surface area (Å²) < 4.78 is 0. The summed E-state index contributed by atoms with van der Waals surface area (Å²) in [6, 6.07) is 0. The summed E-state index contributed by atoms with van der Waals surface area (Å²) in [4.78, 5) is 0. The number of rotatable bonds is 6. The molecular formula is C26H22S. The van der Waals surface area contributed by atoms with Crippen molar-refractivity contribution < 1.29 is 0 Å². The smallest absolute Gasteiger partial charge is 0.00614 e. The van der Waals surface area contributed by atoms with Crippen molar-refractivity contribution in [3.8, 4) is 24.7 Å². The summed E-state index contributed by atoms with van der Waals surface area (Å²) in [6.07, 6.45) is 41.0. The maximum absolute atomic E-state index is 5.49. The molecule has 0 fully saturated rings. The molecule has 0 aromatic heterocycles. The van der Waals surface area contributed by atoms with Gasteiger partial charge in [0.2, 0.25) is 0 Å². The van der Waals surface area contributed by atoms with Crippen molar-refractivity contribution in [2.45, 2.75) is 12.8 Å². The number of hydrogen-bond acceptors (Lipinski definition) is 1. The van der Waals surface area contributed by atoms with Crippen LogP contribution in [0.15, 0.2) is 118 Å². The summed E-state index contributed by atoms with van der Waals surface area (Å²) >= 11 is 1.63. The van der Waals surface area contributed by atoms with Gasteiger partial charge in [0.25, 0.3) is 0 Å². The minimum Gasteiger partial charge on any atom is -0.115 e. The van der Waals surface area contributed by atoms with Crippen LogP contribution in [0.25, 0.3) is 0 Å². The van der Waals surface area contributed by atoms with Crippen molar-refractivity contribution in [1.82, 2.24) is 0 Å². The van der Waals surface area contributed by atoms with E-state index in [1.165, 1.54) is 11.1 Å². The van der Waals surface area contributed by atoms with Crippen molar-refractivity contribution in [2.75, 3.05) is 0 Å². The number of allylic oxidation sites excluding steroid dienone is 18. The van der Waals surface area contributed by atoms with Gasteiger partial charge in [-0.3, -0.25) is 0 Å². The van der Waals surface area contributed by atoms with E-state index in [2.05, 4.69) is 36.1 Å². The zero-order valence-corrected chi connectivity index (χ0v) is 16.0. The molecule has 27 heavy (non-hydrogen) atoms. The second-order valence-electron chi connectivity index (χ2n) is 5.79. The topological polar surface area (TPSA) is 0 Å². The highest BCUT2D eigenvalue weighted by Gasteiger charge is 1.98. The Labute approximate surface area is 167 Å². The molecule has 0 bridgehead atoms. The van der Waals surface area contributed by atoms with E-state index in [0.717, 1.165) is 24.0 Å². The molecule has 2 rings (SSSR count). The van der Waals surface area contributed by atoms with E-state index in [-0.39, 0.29) is 0 Å². The van der Waals surface area contributed by atoms with Crippen molar-refractivity contribution in [3.63, 3.8) is 0 Å². The predicted octanol–water partition coefficient (Wildman–Crippen LogP) is 6.75. The highest BCUT2D eigenvalue weighted by atomic mass is 32.2. The summed E-state index contributed by atoms with van der Waals surface area (Å²) in [5, 5.41) is 4.08. The van der Waals surface area contributed by atoms with Gasteiger partial charge in [-0.1, -0.05) is 96.9 Å². The Morgan fingerprint density at radius 3 is 1.56 bits per heavy atom. The minimum absolute atomic E-state index is 0.799. The first kappa shape index (κ1) is 20.2. The second-order valence-corrected chi connectivity index (χ2v) is 6.61. The lowest BCUT2D eigenvalue weighted by Crippen LogP contribution is -1.81. The zero-order valence-electron chi connectivity index (χ0n) is 15.2. The lowest BCUT2D eigenvalue weighted by molar-refractivity contribution is 1.23. The van der Waals surface area contributed by atoms with Crippen LogP contribution in [0.5, 0.6) is 0 Å². The van der Waals surface area contributed by atoms with Gasteiger partial charge in [0, 0.05) is 24.0 Å². The van der Waals surface area contributed by atoms with Gasteiger partial charge in [0.1, 0.15) is 0 Å². The van der Waals surface area contributed by atoms with E-state index in [4.69, 9.17) is 12.8 Å². The van der Waals surface area contributed by atoms with Gasteiger partial charge in [-0.05, 0) is 22.0 Å². The van der Waals surface area contributed by atoms with Gasteiger partial charge < -0.3 is 0 Å². The molecule has 0 radical (unpaired) electrons. The largest absolute Gasteiger partial charge is 0.115 e. The molecule has 0 nitrogen and oxygen atoms in total. The monoisotopic (exact) mass is 366 g/mol. The first-order chi connectivity index (χ1) is 13.3. The third-order valence-electron chi connectivity index (χ3n) is 3.75. The third kappa shape index (κ3) is 8.19. The minimum atomic E-state index is 0.799. The van der Waals surface area contributed by atoms with Crippen LogP contribution in [-0.4, -0.2) is 0 Å². The lowest BCUT2D eigenvalue weighted by Gasteiger charge is -1.98. The van der Waals surface area contributed by atoms with Crippen molar-refractivity contribution in [1.29, 1.82) is 0 Å². The van der Waals surface area contributed by atoms with Gasteiger partial charge in [-0.2, -0.15) is 0 Å². The molecule has 0 saturated carbocycles. The molecule has 0 aromatic rings. The van der Waals surface area contributed by atoms with Crippen LogP contribution >= 0.6 is 11.8 Å². The molecule has 2 aliphatic rings. The van der Waals surface area contributed by atoms with Crippen LogP contribution in [0, 0.1) is 24.7 Å². The summed E-state index contributed by atoms with van der Waals surface area (Å²) in [7, 11) is 0. The number of hydrogen-bond donors (Lipinski definition) is 0. The van der Waals surface area contributed by atoms with E-state index >= 15 is 0 Å². The van der Waals surface area contributed by atoms with Crippen LogP contribution in [0.4, 0.5) is 0 Å². The normalized spacial score (nSPS) is 17.4.